The Bertz CT molecular complexity index is 1090. The average molecular weight is 431 g/mol. The molecule has 0 N–H and O–H groups in total. The van der Waals surface area contributed by atoms with Crippen molar-refractivity contribution in [2.75, 3.05) is 13.2 Å². The average Bonchev–Trinajstić information content (AvgIpc) is 3.24. The van der Waals surface area contributed by atoms with E-state index < -0.39 is 0 Å². The van der Waals surface area contributed by atoms with Gasteiger partial charge in [0.05, 0.1) is 13.2 Å². The van der Waals surface area contributed by atoms with Crippen LogP contribution in [0.2, 0.25) is 0 Å². The van der Waals surface area contributed by atoms with E-state index in [4.69, 9.17) is 21.1 Å². The van der Waals surface area contributed by atoms with E-state index >= 15 is 0 Å². The molecule has 158 valence electrons. The molecule has 0 saturated heterocycles. The fraction of sp³-hybridized carbons (Fsp3) is 0.286. The van der Waals surface area contributed by atoms with Gasteiger partial charge in [0.25, 0.3) is 0 Å². The molecule has 0 aliphatic heterocycles. The predicted octanol–water partition coefficient (Wildman–Crippen LogP) is 7.47. The maximum absolute atomic E-state index is 6.68. The monoisotopic (exact) mass is 430 g/mol. The zero-order valence-corrected chi connectivity index (χ0v) is 18.3. The smallest absolute Gasteiger partial charge is 0.119 e. The maximum Gasteiger partial charge on any atom is 0.119 e. The van der Waals surface area contributed by atoms with E-state index in [9.17, 15) is 0 Å². The van der Waals surface area contributed by atoms with Gasteiger partial charge in [-0.2, -0.15) is 0 Å². The largest absolute Gasteiger partial charge is 0.493 e. The molecule has 0 amide bonds. The van der Waals surface area contributed by atoms with Gasteiger partial charge in [0.1, 0.15) is 11.5 Å². The van der Waals surface area contributed by atoms with Crippen molar-refractivity contribution in [2.24, 2.45) is 11.8 Å². The number of rotatable bonds is 7. The molecule has 1 aliphatic carbocycles. The summed E-state index contributed by atoms with van der Waals surface area (Å²) in [5.41, 5.74) is 0. The van der Waals surface area contributed by atoms with Crippen molar-refractivity contribution in [3.63, 3.8) is 0 Å². The molecule has 5 rings (SSSR count). The van der Waals surface area contributed by atoms with Crippen LogP contribution in [0.5, 0.6) is 11.5 Å². The lowest BCUT2D eigenvalue weighted by Gasteiger charge is -2.26. The van der Waals surface area contributed by atoms with Crippen molar-refractivity contribution in [2.45, 2.75) is 24.6 Å². The first-order valence-electron chi connectivity index (χ1n) is 11.1. The SMILES string of the molecule is ClC1CCCC1C(COc1ccc2ccccc2c1)COc1ccc2ccccc2c1. The predicted molar refractivity (Wildman–Crippen MR) is 129 cm³/mol. The van der Waals surface area contributed by atoms with E-state index in [0.29, 0.717) is 19.1 Å². The first-order chi connectivity index (χ1) is 15.3. The fourth-order valence-electron chi connectivity index (χ4n) is 4.69. The Kier molecular flexibility index (Phi) is 5.99. The molecule has 0 aromatic heterocycles. The number of benzene rings is 4. The van der Waals surface area contributed by atoms with Gasteiger partial charge in [-0.1, -0.05) is 67.1 Å². The highest BCUT2D eigenvalue weighted by molar-refractivity contribution is 6.20. The van der Waals surface area contributed by atoms with Crippen molar-refractivity contribution in [3.05, 3.63) is 84.9 Å². The Labute approximate surface area is 188 Å². The fourth-order valence-corrected chi connectivity index (χ4v) is 5.18. The first kappa shape index (κ1) is 20.2. The Balaban J connectivity index is 1.30. The van der Waals surface area contributed by atoms with Crippen molar-refractivity contribution in [1.29, 1.82) is 0 Å². The number of hydrogen-bond acceptors (Lipinski definition) is 2. The summed E-state index contributed by atoms with van der Waals surface area (Å²) in [7, 11) is 0. The topological polar surface area (TPSA) is 18.5 Å². The van der Waals surface area contributed by atoms with Crippen LogP contribution in [0.25, 0.3) is 21.5 Å². The highest BCUT2D eigenvalue weighted by Gasteiger charge is 2.33. The van der Waals surface area contributed by atoms with E-state index in [1.807, 2.05) is 0 Å². The van der Waals surface area contributed by atoms with Crippen LogP contribution in [-0.4, -0.2) is 18.6 Å². The van der Waals surface area contributed by atoms with Crippen molar-refractivity contribution < 1.29 is 9.47 Å². The highest BCUT2D eigenvalue weighted by Crippen LogP contribution is 2.36. The zero-order chi connectivity index (χ0) is 21.0. The third-order valence-electron chi connectivity index (χ3n) is 6.46. The molecule has 2 nitrogen and oxygen atoms in total. The number of fused-ring (bicyclic) bond motifs is 2. The number of ether oxygens (including phenoxy) is 2. The minimum absolute atomic E-state index is 0.199. The number of halogens is 1. The quantitative estimate of drug-likeness (QED) is 0.283. The summed E-state index contributed by atoms with van der Waals surface area (Å²) in [6.45, 7) is 1.22. The molecule has 2 unspecified atom stereocenters. The lowest BCUT2D eigenvalue weighted by Crippen LogP contribution is -2.30. The van der Waals surface area contributed by atoms with Gasteiger partial charge in [0, 0.05) is 11.3 Å². The van der Waals surface area contributed by atoms with Gasteiger partial charge >= 0.3 is 0 Å². The molecular weight excluding hydrogens is 404 g/mol. The molecule has 4 aromatic carbocycles. The zero-order valence-electron chi connectivity index (χ0n) is 17.5. The van der Waals surface area contributed by atoms with Crippen LogP contribution in [0.4, 0.5) is 0 Å². The molecule has 0 heterocycles. The molecule has 1 saturated carbocycles. The van der Waals surface area contributed by atoms with Crippen LogP contribution >= 0.6 is 11.6 Å². The lowest BCUT2D eigenvalue weighted by atomic mass is 9.92. The van der Waals surface area contributed by atoms with Gasteiger partial charge in [0.2, 0.25) is 0 Å². The molecule has 2 atom stereocenters. The molecule has 31 heavy (non-hydrogen) atoms. The Morgan fingerprint density at radius 1 is 0.677 bits per heavy atom. The number of alkyl halides is 1. The summed E-state index contributed by atoms with van der Waals surface area (Å²) >= 11 is 6.68. The van der Waals surface area contributed by atoms with Crippen molar-refractivity contribution in [1.82, 2.24) is 0 Å². The third-order valence-corrected chi connectivity index (χ3v) is 7.00. The second-order valence-corrected chi connectivity index (χ2v) is 9.07. The first-order valence-corrected chi connectivity index (χ1v) is 11.6. The summed E-state index contributed by atoms with van der Waals surface area (Å²) in [4.78, 5) is 0. The highest BCUT2D eigenvalue weighted by atomic mass is 35.5. The molecular formula is C28H27ClO2. The molecule has 4 aromatic rings. The summed E-state index contributed by atoms with van der Waals surface area (Å²) < 4.78 is 12.5. The van der Waals surface area contributed by atoms with E-state index in [2.05, 4.69) is 84.9 Å². The van der Waals surface area contributed by atoms with E-state index in [1.54, 1.807) is 0 Å². The minimum atomic E-state index is 0.199. The lowest BCUT2D eigenvalue weighted by molar-refractivity contribution is 0.132. The van der Waals surface area contributed by atoms with Crippen molar-refractivity contribution >= 4 is 33.1 Å². The summed E-state index contributed by atoms with van der Waals surface area (Å²) in [5.74, 6) is 2.47. The van der Waals surface area contributed by atoms with Gasteiger partial charge in [-0.05, 0) is 64.6 Å². The summed E-state index contributed by atoms with van der Waals surface area (Å²) in [6, 6.07) is 29.3. The Morgan fingerprint density at radius 2 is 1.19 bits per heavy atom. The number of hydrogen-bond donors (Lipinski definition) is 0. The Hall–Kier alpha value is -2.71. The van der Waals surface area contributed by atoms with Crippen LogP contribution < -0.4 is 9.47 Å². The van der Waals surface area contributed by atoms with Gasteiger partial charge in [0.15, 0.2) is 0 Å². The van der Waals surface area contributed by atoms with E-state index in [0.717, 1.165) is 24.3 Å². The molecule has 0 radical (unpaired) electrons. The van der Waals surface area contributed by atoms with Crippen LogP contribution in [0, 0.1) is 11.8 Å². The maximum atomic E-state index is 6.68. The summed E-state index contributed by atoms with van der Waals surface area (Å²) in [6.07, 6.45) is 3.40. The molecule has 3 heteroatoms. The van der Waals surface area contributed by atoms with Crippen LogP contribution in [-0.2, 0) is 0 Å². The normalized spacial score (nSPS) is 18.6. The standard InChI is InChI=1S/C28H27ClO2/c29-28-11-5-10-27(28)24(18-30-25-14-12-20-6-1-3-8-22(20)16-25)19-31-26-15-13-21-7-2-4-9-23(21)17-26/h1-4,6-9,12-17,24,27-28H,5,10-11,18-19H2. The van der Waals surface area contributed by atoms with Gasteiger partial charge in [-0.3, -0.25) is 0 Å². The summed E-state index contributed by atoms with van der Waals surface area (Å²) in [5, 5.41) is 5.04. The van der Waals surface area contributed by atoms with Gasteiger partial charge in [-0.25, -0.2) is 0 Å². The third kappa shape index (κ3) is 4.65. The van der Waals surface area contributed by atoms with E-state index in [1.165, 1.54) is 28.0 Å². The van der Waals surface area contributed by atoms with Crippen LogP contribution in [0.3, 0.4) is 0 Å². The van der Waals surface area contributed by atoms with Crippen molar-refractivity contribution in [3.8, 4) is 11.5 Å². The Morgan fingerprint density at radius 3 is 1.68 bits per heavy atom. The molecule has 1 aliphatic rings. The van der Waals surface area contributed by atoms with Crippen LogP contribution in [0.1, 0.15) is 19.3 Å². The minimum Gasteiger partial charge on any atom is -0.493 e. The van der Waals surface area contributed by atoms with E-state index in [-0.39, 0.29) is 11.3 Å². The second kappa shape index (κ2) is 9.20. The van der Waals surface area contributed by atoms with Crippen LogP contribution in [0.15, 0.2) is 84.9 Å². The molecule has 0 bridgehead atoms. The van der Waals surface area contributed by atoms with Gasteiger partial charge < -0.3 is 9.47 Å². The molecule has 1 fully saturated rings. The molecule has 0 spiro atoms. The van der Waals surface area contributed by atoms with Gasteiger partial charge in [-0.15, -0.1) is 11.6 Å². The second-order valence-electron chi connectivity index (χ2n) is 8.51.